The van der Waals surface area contributed by atoms with Gasteiger partial charge in [-0.25, -0.2) is 0 Å². The number of aromatic nitrogens is 1. The Morgan fingerprint density at radius 2 is 2.14 bits per heavy atom. The molecule has 22 heavy (non-hydrogen) atoms. The molecule has 0 amide bonds. The predicted octanol–water partition coefficient (Wildman–Crippen LogP) is 3.33. The lowest BCUT2D eigenvalue weighted by Crippen LogP contribution is -2.20. The summed E-state index contributed by atoms with van der Waals surface area (Å²) in [5, 5.41) is 10.3. The average Bonchev–Trinajstić information content (AvgIpc) is 2.91. The van der Waals surface area contributed by atoms with E-state index in [0.717, 1.165) is 38.2 Å². The number of hydrogen-bond acceptors (Lipinski definition) is 2. The third kappa shape index (κ3) is 3.33. The van der Waals surface area contributed by atoms with E-state index in [2.05, 4.69) is 29.0 Å². The number of hydrogen-bond donors (Lipinski definition) is 1. The average molecular weight is 301 g/mol. The first-order chi connectivity index (χ1) is 10.6. The first-order valence-corrected chi connectivity index (χ1v) is 8.02. The number of carbonyl (C=O) groups is 1. The van der Waals surface area contributed by atoms with Crippen LogP contribution in [0.15, 0.2) is 30.5 Å². The number of carboxylic acid groups (broad SMARTS) is 1. The minimum Gasteiger partial charge on any atom is -0.481 e. The minimum atomic E-state index is -0.738. The van der Waals surface area contributed by atoms with Crippen LogP contribution in [0.5, 0.6) is 0 Å². The molecule has 0 radical (unpaired) electrons. The second kappa shape index (κ2) is 6.53. The lowest BCUT2D eigenvalue weighted by atomic mass is 9.99. The number of carboxylic acids is 1. The van der Waals surface area contributed by atoms with Gasteiger partial charge < -0.3 is 14.4 Å². The molecule has 3 rings (SSSR count). The van der Waals surface area contributed by atoms with Crippen LogP contribution in [-0.2, 0) is 22.5 Å². The van der Waals surface area contributed by atoms with Crippen molar-refractivity contribution in [2.24, 2.45) is 11.8 Å². The summed E-state index contributed by atoms with van der Waals surface area (Å²) in [5.74, 6) is -0.417. The highest BCUT2D eigenvalue weighted by molar-refractivity contribution is 5.81. The zero-order valence-corrected chi connectivity index (χ0v) is 13.0. The number of fused-ring (bicyclic) bond motifs is 1. The Hall–Kier alpha value is -1.81. The van der Waals surface area contributed by atoms with Crippen molar-refractivity contribution < 1.29 is 14.6 Å². The third-order valence-electron chi connectivity index (χ3n) is 4.60. The number of nitrogens with zero attached hydrogens (tertiary/aromatic N) is 1. The Kier molecular flexibility index (Phi) is 4.48. The summed E-state index contributed by atoms with van der Waals surface area (Å²) >= 11 is 0. The van der Waals surface area contributed by atoms with Gasteiger partial charge in [-0.15, -0.1) is 0 Å². The van der Waals surface area contributed by atoms with Gasteiger partial charge in [0, 0.05) is 31.5 Å². The normalized spacial score (nSPS) is 17.7. The molecule has 1 saturated heterocycles. The van der Waals surface area contributed by atoms with E-state index in [-0.39, 0.29) is 5.92 Å². The maximum atomic E-state index is 11.0. The highest BCUT2D eigenvalue weighted by Gasteiger charge is 2.16. The van der Waals surface area contributed by atoms with Gasteiger partial charge >= 0.3 is 5.97 Å². The van der Waals surface area contributed by atoms with Gasteiger partial charge in [0.1, 0.15) is 0 Å². The molecule has 118 valence electrons. The largest absolute Gasteiger partial charge is 0.481 e. The van der Waals surface area contributed by atoms with Crippen LogP contribution in [0.25, 0.3) is 10.9 Å². The zero-order valence-electron chi connectivity index (χ0n) is 13.0. The molecule has 2 heterocycles. The molecular formula is C18H23NO3. The summed E-state index contributed by atoms with van der Waals surface area (Å²) in [5.41, 5.74) is 2.30. The number of aliphatic carboxylic acids is 1. The highest BCUT2D eigenvalue weighted by atomic mass is 16.5. The van der Waals surface area contributed by atoms with Crippen LogP contribution >= 0.6 is 0 Å². The summed E-state index contributed by atoms with van der Waals surface area (Å²) in [6.07, 6.45) is 4.96. The van der Waals surface area contributed by atoms with Gasteiger partial charge in [0.15, 0.2) is 0 Å². The molecule has 1 N–H and O–H groups in total. The van der Waals surface area contributed by atoms with Gasteiger partial charge in [-0.1, -0.05) is 19.1 Å². The fraction of sp³-hybridized carbons (Fsp3) is 0.500. The van der Waals surface area contributed by atoms with E-state index >= 15 is 0 Å². The van der Waals surface area contributed by atoms with Crippen LogP contribution in [-0.4, -0.2) is 28.9 Å². The zero-order chi connectivity index (χ0) is 15.5. The van der Waals surface area contributed by atoms with Gasteiger partial charge in [0.05, 0.1) is 5.92 Å². The predicted molar refractivity (Wildman–Crippen MR) is 86.0 cm³/mol. The molecular weight excluding hydrogens is 278 g/mol. The van der Waals surface area contributed by atoms with Crippen molar-refractivity contribution in [1.82, 2.24) is 4.57 Å². The topological polar surface area (TPSA) is 51.5 Å². The second-order valence-corrected chi connectivity index (χ2v) is 6.36. The van der Waals surface area contributed by atoms with Gasteiger partial charge in [-0.2, -0.15) is 0 Å². The maximum absolute atomic E-state index is 11.0. The molecule has 1 atom stereocenters. The lowest BCUT2D eigenvalue weighted by molar-refractivity contribution is -0.141. The maximum Gasteiger partial charge on any atom is 0.306 e. The Bertz CT molecular complexity index is 655. The molecule has 0 aliphatic carbocycles. The van der Waals surface area contributed by atoms with Gasteiger partial charge in [0.25, 0.3) is 0 Å². The van der Waals surface area contributed by atoms with Crippen molar-refractivity contribution >= 4 is 16.9 Å². The Morgan fingerprint density at radius 3 is 2.86 bits per heavy atom. The standard InChI is InChI=1S/C18H23NO3/c1-13(18(20)21)10-15-2-3-16-4-7-19(17(16)11-15)12-14-5-8-22-9-6-14/h2-4,7,11,13-14H,5-6,8-10,12H2,1H3,(H,20,21). The number of benzene rings is 1. The summed E-state index contributed by atoms with van der Waals surface area (Å²) < 4.78 is 7.73. The van der Waals surface area contributed by atoms with E-state index in [4.69, 9.17) is 9.84 Å². The van der Waals surface area contributed by atoms with Crippen LogP contribution in [0.2, 0.25) is 0 Å². The molecule has 0 bridgehead atoms. The van der Waals surface area contributed by atoms with Crippen LogP contribution in [0.3, 0.4) is 0 Å². The molecule has 1 unspecified atom stereocenters. The first kappa shape index (κ1) is 15.1. The van der Waals surface area contributed by atoms with E-state index in [9.17, 15) is 4.79 Å². The van der Waals surface area contributed by atoms with Crippen molar-refractivity contribution in [2.45, 2.75) is 32.7 Å². The fourth-order valence-corrected chi connectivity index (χ4v) is 3.16. The van der Waals surface area contributed by atoms with Gasteiger partial charge in [-0.05, 0) is 48.3 Å². The first-order valence-electron chi connectivity index (χ1n) is 8.02. The lowest BCUT2D eigenvalue weighted by Gasteiger charge is -2.23. The van der Waals surface area contributed by atoms with E-state index in [1.807, 2.05) is 6.07 Å². The Balaban J connectivity index is 1.80. The highest BCUT2D eigenvalue weighted by Crippen LogP contribution is 2.23. The molecule has 1 aliphatic heterocycles. The summed E-state index contributed by atoms with van der Waals surface area (Å²) in [7, 11) is 0. The van der Waals surface area contributed by atoms with E-state index in [0.29, 0.717) is 12.3 Å². The van der Waals surface area contributed by atoms with Crippen molar-refractivity contribution in [3.05, 3.63) is 36.0 Å². The quantitative estimate of drug-likeness (QED) is 0.921. The van der Waals surface area contributed by atoms with Crippen molar-refractivity contribution in [3.8, 4) is 0 Å². The third-order valence-corrected chi connectivity index (χ3v) is 4.60. The number of rotatable bonds is 5. The molecule has 1 aromatic heterocycles. The SMILES string of the molecule is CC(Cc1ccc2ccn(CC3CCOCC3)c2c1)C(=O)O. The summed E-state index contributed by atoms with van der Waals surface area (Å²) in [6, 6.07) is 8.42. The molecule has 2 aromatic rings. The Labute approximate surface area is 130 Å². The second-order valence-electron chi connectivity index (χ2n) is 6.36. The van der Waals surface area contributed by atoms with Crippen LogP contribution in [0, 0.1) is 11.8 Å². The summed E-state index contributed by atoms with van der Waals surface area (Å²) in [6.45, 7) is 4.51. The molecule has 4 heteroatoms. The van der Waals surface area contributed by atoms with Crippen molar-refractivity contribution in [3.63, 3.8) is 0 Å². The number of ether oxygens (including phenoxy) is 1. The molecule has 0 saturated carbocycles. The smallest absolute Gasteiger partial charge is 0.306 e. The van der Waals surface area contributed by atoms with E-state index in [1.54, 1.807) is 6.92 Å². The fourth-order valence-electron chi connectivity index (χ4n) is 3.16. The van der Waals surface area contributed by atoms with Gasteiger partial charge in [0.2, 0.25) is 0 Å². The molecule has 1 aliphatic rings. The summed E-state index contributed by atoms with van der Waals surface area (Å²) in [4.78, 5) is 11.0. The van der Waals surface area contributed by atoms with Crippen LogP contribution < -0.4 is 0 Å². The van der Waals surface area contributed by atoms with Crippen LogP contribution in [0.1, 0.15) is 25.3 Å². The van der Waals surface area contributed by atoms with E-state index < -0.39 is 5.97 Å². The van der Waals surface area contributed by atoms with Crippen molar-refractivity contribution in [2.75, 3.05) is 13.2 Å². The Morgan fingerprint density at radius 1 is 1.36 bits per heavy atom. The molecule has 4 nitrogen and oxygen atoms in total. The van der Waals surface area contributed by atoms with Crippen LogP contribution in [0.4, 0.5) is 0 Å². The molecule has 1 fully saturated rings. The monoisotopic (exact) mass is 301 g/mol. The van der Waals surface area contributed by atoms with Crippen molar-refractivity contribution in [1.29, 1.82) is 0 Å². The molecule has 1 aromatic carbocycles. The van der Waals surface area contributed by atoms with Gasteiger partial charge in [-0.3, -0.25) is 4.79 Å². The minimum absolute atomic E-state index is 0.351. The molecule has 0 spiro atoms. The van der Waals surface area contributed by atoms with E-state index in [1.165, 1.54) is 10.9 Å².